The molecule has 196 valence electrons. The van der Waals surface area contributed by atoms with Crippen molar-refractivity contribution in [3.8, 4) is 11.3 Å². The molecule has 5 nitrogen and oxygen atoms in total. The number of aromatic carboxylic acids is 1. The van der Waals surface area contributed by atoms with E-state index in [0.717, 1.165) is 85.3 Å². The van der Waals surface area contributed by atoms with Gasteiger partial charge in [-0.05, 0) is 74.2 Å². The third kappa shape index (κ3) is 4.68. The molecule has 3 heterocycles. The molecule has 0 amide bonds. The molecular formula is C30H35F2N3O2. The maximum absolute atomic E-state index is 15.5. The zero-order valence-electron chi connectivity index (χ0n) is 21.3. The predicted molar refractivity (Wildman–Crippen MR) is 141 cm³/mol. The van der Waals surface area contributed by atoms with Gasteiger partial charge in [0.05, 0.1) is 11.3 Å². The summed E-state index contributed by atoms with van der Waals surface area (Å²) < 4.78 is 32.4. The number of nitrogens with zero attached hydrogens (tertiary/aromatic N) is 3. The molecule has 2 fully saturated rings. The van der Waals surface area contributed by atoms with Gasteiger partial charge in [-0.3, -0.25) is 4.90 Å². The average Bonchev–Trinajstić information content (AvgIpc) is 3.51. The van der Waals surface area contributed by atoms with Gasteiger partial charge in [0, 0.05) is 55.1 Å². The van der Waals surface area contributed by atoms with Crippen molar-refractivity contribution in [2.75, 3.05) is 32.7 Å². The van der Waals surface area contributed by atoms with Crippen LogP contribution < -0.4 is 0 Å². The van der Waals surface area contributed by atoms with Gasteiger partial charge in [0.25, 0.3) is 0 Å². The summed E-state index contributed by atoms with van der Waals surface area (Å²) in [5.41, 5.74) is 4.67. The maximum Gasteiger partial charge on any atom is 0.335 e. The molecule has 1 aromatic heterocycles. The second-order valence-corrected chi connectivity index (χ2v) is 11.0. The second-order valence-electron chi connectivity index (χ2n) is 11.0. The van der Waals surface area contributed by atoms with Crippen LogP contribution in [0.25, 0.3) is 22.2 Å². The summed E-state index contributed by atoms with van der Waals surface area (Å²) in [6.07, 6.45) is 4.68. The lowest BCUT2D eigenvalue weighted by molar-refractivity contribution is 0.0697. The summed E-state index contributed by atoms with van der Waals surface area (Å²) in [5.74, 6) is -1.56. The zero-order chi connectivity index (χ0) is 25.5. The minimum Gasteiger partial charge on any atom is -0.478 e. The van der Waals surface area contributed by atoms with Gasteiger partial charge >= 0.3 is 5.97 Å². The molecule has 2 aromatic carbocycles. The summed E-state index contributed by atoms with van der Waals surface area (Å²) in [4.78, 5) is 16.8. The second kappa shape index (κ2) is 10.2. The van der Waals surface area contributed by atoms with E-state index in [1.165, 1.54) is 18.9 Å². The fraction of sp³-hybridized carbons (Fsp3) is 0.500. The number of benzene rings is 2. The van der Waals surface area contributed by atoms with Crippen molar-refractivity contribution in [2.45, 2.75) is 63.7 Å². The van der Waals surface area contributed by atoms with Gasteiger partial charge in [-0.2, -0.15) is 0 Å². The van der Waals surface area contributed by atoms with Gasteiger partial charge in [-0.25, -0.2) is 13.6 Å². The van der Waals surface area contributed by atoms with Crippen LogP contribution in [0.3, 0.4) is 0 Å². The lowest BCUT2D eigenvalue weighted by Gasteiger charge is -2.31. The molecule has 0 unspecified atom stereocenters. The summed E-state index contributed by atoms with van der Waals surface area (Å²) in [6.45, 7) is 6.39. The Labute approximate surface area is 216 Å². The molecule has 1 saturated heterocycles. The quantitative estimate of drug-likeness (QED) is 0.457. The Hall–Kier alpha value is -2.77. The zero-order valence-corrected chi connectivity index (χ0v) is 21.3. The van der Waals surface area contributed by atoms with Crippen LogP contribution >= 0.6 is 0 Å². The number of alkyl halides is 1. The molecule has 0 radical (unpaired) electrons. The van der Waals surface area contributed by atoms with E-state index in [9.17, 15) is 14.3 Å². The molecule has 37 heavy (non-hydrogen) atoms. The molecule has 2 aliphatic heterocycles. The minimum atomic E-state index is -0.982. The van der Waals surface area contributed by atoms with E-state index in [2.05, 4.69) is 14.4 Å². The van der Waals surface area contributed by atoms with Crippen molar-refractivity contribution in [3.05, 3.63) is 58.9 Å². The van der Waals surface area contributed by atoms with Gasteiger partial charge in [0.15, 0.2) is 0 Å². The molecule has 3 aliphatic rings. The van der Waals surface area contributed by atoms with Crippen molar-refractivity contribution in [2.24, 2.45) is 0 Å². The smallest absolute Gasteiger partial charge is 0.335 e. The normalized spacial score (nSPS) is 23.0. The highest BCUT2D eigenvalue weighted by Gasteiger charge is 2.34. The maximum atomic E-state index is 15.5. The van der Waals surface area contributed by atoms with E-state index < -0.39 is 12.1 Å². The first-order chi connectivity index (χ1) is 18.0. The molecule has 0 bridgehead atoms. The number of aromatic nitrogens is 1. The lowest BCUT2D eigenvalue weighted by Crippen LogP contribution is -2.36. The van der Waals surface area contributed by atoms with Crippen molar-refractivity contribution < 1.29 is 18.7 Å². The summed E-state index contributed by atoms with van der Waals surface area (Å²) in [5, 5.41) is 10.6. The Balaban J connectivity index is 1.51. The number of fused-ring (bicyclic) bond motifs is 5. The highest BCUT2D eigenvalue weighted by Crippen LogP contribution is 2.46. The lowest BCUT2D eigenvalue weighted by atomic mass is 9.80. The van der Waals surface area contributed by atoms with Gasteiger partial charge in [0.2, 0.25) is 0 Å². The molecule has 0 spiro atoms. The van der Waals surface area contributed by atoms with Crippen LogP contribution in [0, 0.1) is 5.82 Å². The molecule has 1 aliphatic carbocycles. The molecule has 6 rings (SSSR count). The molecule has 7 heteroatoms. The SMILES string of the molecule is O=C(O)c1ccc2c([C@H]3CCCC[C@@H]3F)c3n(c2c1)CCN(CCN1CCCC1)Cc1ccc(F)cc1-3. The van der Waals surface area contributed by atoms with E-state index in [1.54, 1.807) is 18.2 Å². The van der Waals surface area contributed by atoms with E-state index >= 15 is 4.39 Å². The minimum absolute atomic E-state index is 0.215. The molecular weight excluding hydrogens is 472 g/mol. The van der Waals surface area contributed by atoms with Gasteiger partial charge in [0.1, 0.15) is 12.0 Å². The van der Waals surface area contributed by atoms with Crippen LogP contribution in [0.15, 0.2) is 36.4 Å². The third-order valence-corrected chi connectivity index (χ3v) is 8.70. The van der Waals surface area contributed by atoms with E-state index in [4.69, 9.17) is 0 Å². The van der Waals surface area contributed by atoms with Crippen molar-refractivity contribution in [1.29, 1.82) is 0 Å². The summed E-state index contributed by atoms with van der Waals surface area (Å²) in [6, 6.07) is 10.2. The van der Waals surface area contributed by atoms with Crippen LogP contribution in [0.2, 0.25) is 0 Å². The molecule has 1 N–H and O–H groups in total. The van der Waals surface area contributed by atoms with Crippen LogP contribution in [0.5, 0.6) is 0 Å². The molecule has 1 saturated carbocycles. The number of rotatable bonds is 5. The number of hydrogen-bond donors (Lipinski definition) is 1. The van der Waals surface area contributed by atoms with E-state index in [1.807, 2.05) is 12.1 Å². The fourth-order valence-corrected chi connectivity index (χ4v) is 6.77. The third-order valence-electron chi connectivity index (χ3n) is 8.70. The van der Waals surface area contributed by atoms with Crippen LogP contribution in [-0.4, -0.2) is 64.3 Å². The van der Waals surface area contributed by atoms with Crippen LogP contribution in [0.1, 0.15) is 65.9 Å². The Bertz CT molecular complexity index is 1310. The Morgan fingerprint density at radius 3 is 2.49 bits per heavy atom. The van der Waals surface area contributed by atoms with Crippen LogP contribution in [0.4, 0.5) is 8.78 Å². The van der Waals surface area contributed by atoms with Crippen molar-refractivity contribution in [1.82, 2.24) is 14.4 Å². The van der Waals surface area contributed by atoms with Gasteiger partial charge in [-0.15, -0.1) is 0 Å². The fourth-order valence-electron chi connectivity index (χ4n) is 6.77. The van der Waals surface area contributed by atoms with Gasteiger partial charge in [-0.1, -0.05) is 25.0 Å². The first kappa shape index (κ1) is 24.6. The monoisotopic (exact) mass is 507 g/mol. The Morgan fingerprint density at radius 2 is 1.70 bits per heavy atom. The Kier molecular flexibility index (Phi) is 6.76. The van der Waals surface area contributed by atoms with Gasteiger partial charge < -0.3 is 14.6 Å². The number of carbonyl (C=O) groups is 1. The largest absolute Gasteiger partial charge is 0.478 e. The highest BCUT2D eigenvalue weighted by atomic mass is 19.1. The highest BCUT2D eigenvalue weighted by molar-refractivity contribution is 5.98. The first-order valence-electron chi connectivity index (χ1n) is 13.8. The van der Waals surface area contributed by atoms with E-state index in [0.29, 0.717) is 19.5 Å². The topological polar surface area (TPSA) is 48.7 Å². The molecule has 3 aromatic rings. The standard InChI is InChI=1S/C30H35F2N3O2/c31-22-9-7-21-19-34(14-13-33-11-3-4-12-33)15-16-35-27-17-20(30(36)37)8-10-24(27)28(29(35)25(21)18-22)23-5-1-2-6-26(23)32/h7-10,17-18,23,26H,1-6,11-16,19H2,(H,36,37)/t23-,26-/m0/s1. The number of likely N-dealkylation sites (tertiary alicyclic amines) is 1. The number of halogens is 2. The summed E-state index contributed by atoms with van der Waals surface area (Å²) >= 11 is 0. The predicted octanol–water partition coefficient (Wildman–Crippen LogP) is 6.05. The Morgan fingerprint density at radius 1 is 0.919 bits per heavy atom. The van der Waals surface area contributed by atoms with Crippen molar-refractivity contribution in [3.63, 3.8) is 0 Å². The van der Waals surface area contributed by atoms with Crippen LogP contribution in [-0.2, 0) is 13.1 Å². The number of carboxylic acids is 1. The van der Waals surface area contributed by atoms with E-state index in [-0.39, 0.29) is 17.3 Å². The van der Waals surface area contributed by atoms with Crippen molar-refractivity contribution >= 4 is 16.9 Å². The number of hydrogen-bond acceptors (Lipinski definition) is 3. The average molecular weight is 508 g/mol. The molecule has 2 atom stereocenters. The number of carboxylic acid groups (broad SMARTS) is 1. The first-order valence-corrected chi connectivity index (χ1v) is 13.8. The summed E-state index contributed by atoms with van der Waals surface area (Å²) in [7, 11) is 0.